The van der Waals surface area contributed by atoms with Crippen molar-refractivity contribution in [3.8, 4) is 5.75 Å². The van der Waals surface area contributed by atoms with Crippen LogP contribution in [0.25, 0.3) is 6.08 Å². The van der Waals surface area contributed by atoms with Crippen LogP contribution in [-0.4, -0.2) is 41.4 Å². The lowest BCUT2D eigenvalue weighted by Crippen LogP contribution is -2.34. The van der Waals surface area contributed by atoms with Crippen molar-refractivity contribution in [2.45, 2.75) is 19.3 Å². The standard InChI is InChI=1S/C23H22ClN3O3/c24-19-2-1-3-20(13-19)30-15-16-8-10-27(11-9-16)22(29)7-4-17-12-18-5-6-21(28)26-23(18)25-14-17/h1-4,7-8,12-14H,5-6,9-11,15H2,(H,25,26,28). The number of benzene rings is 1. The molecule has 0 bridgehead atoms. The Morgan fingerprint density at radius 1 is 1.27 bits per heavy atom. The Morgan fingerprint density at radius 3 is 2.97 bits per heavy atom. The number of pyridine rings is 1. The second kappa shape index (κ2) is 9.13. The van der Waals surface area contributed by atoms with Gasteiger partial charge in [0.25, 0.3) is 0 Å². The summed E-state index contributed by atoms with van der Waals surface area (Å²) in [6.45, 7) is 1.71. The van der Waals surface area contributed by atoms with E-state index in [1.165, 1.54) is 5.57 Å². The fourth-order valence-electron chi connectivity index (χ4n) is 3.41. The van der Waals surface area contributed by atoms with Crippen LogP contribution in [0, 0.1) is 0 Å². The summed E-state index contributed by atoms with van der Waals surface area (Å²) >= 11 is 5.97. The van der Waals surface area contributed by atoms with E-state index in [2.05, 4.69) is 10.3 Å². The van der Waals surface area contributed by atoms with Crippen molar-refractivity contribution >= 4 is 35.3 Å². The first-order chi connectivity index (χ1) is 14.6. The summed E-state index contributed by atoms with van der Waals surface area (Å²) in [7, 11) is 0. The largest absolute Gasteiger partial charge is 0.489 e. The van der Waals surface area contributed by atoms with E-state index >= 15 is 0 Å². The van der Waals surface area contributed by atoms with Crippen molar-refractivity contribution in [2.75, 3.05) is 25.0 Å². The molecule has 3 heterocycles. The second-order valence-corrected chi connectivity index (χ2v) is 7.74. The molecule has 0 aliphatic carbocycles. The number of carbonyl (C=O) groups is 2. The summed E-state index contributed by atoms with van der Waals surface area (Å²) < 4.78 is 5.78. The van der Waals surface area contributed by atoms with Crippen LogP contribution >= 0.6 is 11.6 Å². The van der Waals surface area contributed by atoms with Crippen LogP contribution in [0.5, 0.6) is 5.75 Å². The van der Waals surface area contributed by atoms with Crippen LogP contribution in [0.4, 0.5) is 5.82 Å². The molecule has 0 saturated carbocycles. The number of fused-ring (bicyclic) bond motifs is 1. The molecule has 6 nitrogen and oxygen atoms in total. The summed E-state index contributed by atoms with van der Waals surface area (Å²) in [5, 5.41) is 3.40. The lowest BCUT2D eigenvalue weighted by atomic mass is 10.0. The van der Waals surface area contributed by atoms with Crippen molar-refractivity contribution in [3.05, 3.63) is 70.4 Å². The minimum Gasteiger partial charge on any atom is -0.489 e. The molecule has 1 aromatic carbocycles. The van der Waals surface area contributed by atoms with Gasteiger partial charge >= 0.3 is 0 Å². The van der Waals surface area contributed by atoms with Crippen molar-refractivity contribution in [1.29, 1.82) is 0 Å². The van der Waals surface area contributed by atoms with E-state index in [0.717, 1.165) is 23.3 Å². The van der Waals surface area contributed by atoms with Gasteiger partial charge < -0.3 is 15.0 Å². The number of aromatic nitrogens is 1. The predicted octanol–water partition coefficient (Wildman–Crippen LogP) is 3.87. The fourth-order valence-corrected chi connectivity index (χ4v) is 3.59. The molecular weight excluding hydrogens is 402 g/mol. The van der Waals surface area contributed by atoms with E-state index in [0.29, 0.717) is 43.4 Å². The first-order valence-corrected chi connectivity index (χ1v) is 10.3. The molecule has 154 valence electrons. The molecule has 0 saturated heterocycles. The van der Waals surface area contributed by atoms with Gasteiger partial charge in [0.15, 0.2) is 0 Å². The third-order valence-electron chi connectivity index (χ3n) is 5.12. The fraction of sp³-hybridized carbons (Fsp3) is 0.261. The Morgan fingerprint density at radius 2 is 2.17 bits per heavy atom. The van der Waals surface area contributed by atoms with Crippen LogP contribution in [0.2, 0.25) is 5.02 Å². The summed E-state index contributed by atoms with van der Waals surface area (Å²) in [6.07, 6.45) is 8.96. The quantitative estimate of drug-likeness (QED) is 0.585. The van der Waals surface area contributed by atoms with Crippen molar-refractivity contribution in [3.63, 3.8) is 0 Å². The molecule has 2 aromatic rings. The Labute approximate surface area is 180 Å². The van der Waals surface area contributed by atoms with Crippen LogP contribution in [0.15, 0.2) is 54.3 Å². The van der Waals surface area contributed by atoms with Crippen molar-refractivity contribution < 1.29 is 14.3 Å². The molecule has 1 aromatic heterocycles. The number of amides is 2. The molecule has 0 atom stereocenters. The predicted molar refractivity (Wildman–Crippen MR) is 116 cm³/mol. The van der Waals surface area contributed by atoms with Crippen LogP contribution < -0.4 is 10.1 Å². The Hall–Kier alpha value is -3.12. The molecule has 4 rings (SSSR count). The second-order valence-electron chi connectivity index (χ2n) is 7.30. The molecule has 30 heavy (non-hydrogen) atoms. The van der Waals surface area contributed by atoms with Gasteiger partial charge in [-0.15, -0.1) is 0 Å². The maximum atomic E-state index is 12.5. The number of hydrogen-bond acceptors (Lipinski definition) is 4. The zero-order valence-corrected chi connectivity index (χ0v) is 17.2. The van der Waals surface area contributed by atoms with Gasteiger partial charge in [-0.3, -0.25) is 9.59 Å². The minimum absolute atomic E-state index is 0.0102. The number of nitrogens with one attached hydrogen (secondary N) is 1. The van der Waals surface area contributed by atoms with Crippen molar-refractivity contribution in [2.24, 2.45) is 0 Å². The van der Waals surface area contributed by atoms with E-state index in [9.17, 15) is 9.59 Å². The highest BCUT2D eigenvalue weighted by molar-refractivity contribution is 6.30. The average molecular weight is 424 g/mol. The van der Waals surface area contributed by atoms with Gasteiger partial charge in [-0.1, -0.05) is 23.7 Å². The lowest BCUT2D eigenvalue weighted by Gasteiger charge is -2.25. The van der Waals surface area contributed by atoms with E-state index in [1.54, 1.807) is 29.3 Å². The van der Waals surface area contributed by atoms with Gasteiger partial charge in [-0.2, -0.15) is 0 Å². The summed E-state index contributed by atoms with van der Waals surface area (Å²) in [5.74, 6) is 1.31. The normalized spacial score (nSPS) is 16.1. The zero-order valence-electron chi connectivity index (χ0n) is 16.4. The number of rotatable bonds is 5. The molecule has 1 N–H and O–H groups in total. The molecule has 0 spiro atoms. The molecule has 2 aliphatic heterocycles. The van der Waals surface area contributed by atoms with Gasteiger partial charge in [0.2, 0.25) is 11.8 Å². The summed E-state index contributed by atoms with van der Waals surface area (Å²) in [5.41, 5.74) is 3.01. The number of nitrogens with zero attached hydrogens (tertiary/aromatic N) is 2. The van der Waals surface area contributed by atoms with Crippen LogP contribution in [0.1, 0.15) is 24.0 Å². The van der Waals surface area contributed by atoms with Crippen LogP contribution in [0.3, 0.4) is 0 Å². The van der Waals surface area contributed by atoms with Gasteiger partial charge in [0.05, 0.1) is 0 Å². The lowest BCUT2D eigenvalue weighted by molar-refractivity contribution is -0.125. The Balaban J connectivity index is 1.30. The summed E-state index contributed by atoms with van der Waals surface area (Å²) in [6, 6.07) is 9.29. The number of carbonyl (C=O) groups excluding carboxylic acids is 2. The molecule has 2 amide bonds. The molecule has 0 radical (unpaired) electrons. The highest BCUT2D eigenvalue weighted by Crippen LogP contribution is 2.22. The Bertz CT molecular complexity index is 1030. The summed E-state index contributed by atoms with van der Waals surface area (Å²) in [4.78, 5) is 30.0. The SMILES string of the molecule is O=C1CCc2cc(C=CC(=O)N3CC=C(COc4cccc(Cl)c4)CC3)cnc2N1. The third kappa shape index (κ3) is 5.07. The first-order valence-electron chi connectivity index (χ1n) is 9.89. The maximum Gasteiger partial charge on any atom is 0.246 e. The van der Waals surface area contributed by atoms with Gasteiger partial charge in [0.1, 0.15) is 18.2 Å². The van der Waals surface area contributed by atoms with E-state index in [-0.39, 0.29) is 11.8 Å². The van der Waals surface area contributed by atoms with E-state index in [4.69, 9.17) is 16.3 Å². The highest BCUT2D eigenvalue weighted by atomic mass is 35.5. The molecular formula is C23H22ClN3O3. The number of hydrogen-bond donors (Lipinski definition) is 1. The molecule has 0 fully saturated rings. The average Bonchev–Trinajstić information content (AvgIpc) is 2.76. The van der Waals surface area contributed by atoms with Gasteiger partial charge in [-0.25, -0.2) is 4.98 Å². The third-order valence-corrected chi connectivity index (χ3v) is 5.36. The minimum atomic E-state index is -0.0351. The van der Waals surface area contributed by atoms with Gasteiger partial charge in [-0.05, 0) is 59.9 Å². The molecule has 2 aliphatic rings. The number of aryl methyl sites for hydroxylation is 1. The number of anilines is 1. The first kappa shape index (κ1) is 20.2. The van der Waals surface area contributed by atoms with E-state index in [1.807, 2.05) is 30.3 Å². The molecule has 7 heteroatoms. The van der Waals surface area contributed by atoms with E-state index < -0.39 is 0 Å². The number of ether oxygens (including phenoxy) is 1. The topological polar surface area (TPSA) is 71.5 Å². The smallest absolute Gasteiger partial charge is 0.246 e. The monoisotopic (exact) mass is 423 g/mol. The van der Waals surface area contributed by atoms with Crippen molar-refractivity contribution in [1.82, 2.24) is 9.88 Å². The van der Waals surface area contributed by atoms with Gasteiger partial charge in [0, 0.05) is 36.8 Å². The zero-order chi connectivity index (χ0) is 20.9. The van der Waals surface area contributed by atoms with Crippen LogP contribution in [-0.2, 0) is 16.0 Å². The Kier molecular flexibility index (Phi) is 6.14. The maximum absolute atomic E-state index is 12.5. The number of halogens is 1. The highest BCUT2D eigenvalue weighted by Gasteiger charge is 2.17. The molecule has 0 unspecified atom stereocenters.